The minimum atomic E-state index is -0.923. The maximum Gasteiger partial charge on any atom is 0.310 e. The molecule has 0 heterocycles. The average Bonchev–Trinajstić information content (AvgIpc) is 2.22. The highest BCUT2D eigenvalue weighted by molar-refractivity contribution is 8.00. The van der Waals surface area contributed by atoms with E-state index in [0.29, 0.717) is 0 Å². The Morgan fingerprint density at radius 3 is 2.24 bits per heavy atom. The molecule has 5 heteroatoms. The van der Waals surface area contributed by atoms with Crippen molar-refractivity contribution in [3.63, 3.8) is 0 Å². The van der Waals surface area contributed by atoms with Crippen LogP contribution < -0.4 is 5.32 Å². The number of rotatable bonds is 7. The molecule has 0 aromatic rings. The molecular weight excluding hydrogens is 238 g/mol. The van der Waals surface area contributed by atoms with Gasteiger partial charge in [-0.1, -0.05) is 20.8 Å². The molecule has 0 fully saturated rings. The van der Waals surface area contributed by atoms with Crippen molar-refractivity contribution >= 4 is 23.6 Å². The van der Waals surface area contributed by atoms with E-state index in [0.717, 1.165) is 5.75 Å². The first-order chi connectivity index (χ1) is 7.72. The summed E-state index contributed by atoms with van der Waals surface area (Å²) in [5.41, 5.74) is -0.923. The van der Waals surface area contributed by atoms with Gasteiger partial charge in [0, 0.05) is 6.54 Å². The molecule has 0 aromatic carbocycles. The number of nitrogens with one attached hydrogen (secondary N) is 1. The minimum Gasteiger partial charge on any atom is -0.481 e. The van der Waals surface area contributed by atoms with Crippen LogP contribution in [0.25, 0.3) is 0 Å². The lowest BCUT2D eigenvalue weighted by molar-refractivity contribution is -0.146. The topological polar surface area (TPSA) is 66.4 Å². The number of carboxylic acid groups (broad SMARTS) is 1. The first-order valence-electron chi connectivity index (χ1n) is 5.85. The Morgan fingerprint density at radius 1 is 1.35 bits per heavy atom. The molecule has 17 heavy (non-hydrogen) atoms. The molecule has 0 bridgehead atoms. The van der Waals surface area contributed by atoms with Crippen LogP contribution in [0.2, 0.25) is 0 Å². The fourth-order valence-corrected chi connectivity index (χ4v) is 2.21. The van der Waals surface area contributed by atoms with Crippen molar-refractivity contribution in [1.29, 1.82) is 0 Å². The van der Waals surface area contributed by atoms with Crippen LogP contribution >= 0.6 is 11.8 Å². The van der Waals surface area contributed by atoms with E-state index in [-0.39, 0.29) is 23.6 Å². The molecule has 4 nitrogen and oxygen atoms in total. The molecule has 2 N–H and O–H groups in total. The Hall–Kier alpha value is -0.710. The zero-order chi connectivity index (χ0) is 13.6. The molecule has 0 saturated heterocycles. The van der Waals surface area contributed by atoms with E-state index in [1.54, 1.807) is 25.6 Å². The summed E-state index contributed by atoms with van der Waals surface area (Å²) in [6.45, 7) is 9.37. The fourth-order valence-electron chi connectivity index (χ4n) is 1.23. The number of thioether (sulfide) groups is 1. The third-order valence-electron chi connectivity index (χ3n) is 2.49. The summed E-state index contributed by atoms with van der Waals surface area (Å²) in [4.78, 5) is 22.8. The van der Waals surface area contributed by atoms with Crippen molar-refractivity contribution in [2.45, 2.75) is 39.9 Å². The molecule has 1 amide bonds. The van der Waals surface area contributed by atoms with E-state index in [2.05, 4.69) is 5.32 Å². The summed E-state index contributed by atoms with van der Waals surface area (Å²) in [6.07, 6.45) is 0. The van der Waals surface area contributed by atoms with E-state index < -0.39 is 11.4 Å². The van der Waals surface area contributed by atoms with E-state index in [9.17, 15) is 9.59 Å². The van der Waals surface area contributed by atoms with Gasteiger partial charge in [-0.05, 0) is 25.5 Å². The number of hydrogen-bond acceptors (Lipinski definition) is 3. The molecule has 0 spiro atoms. The lowest BCUT2D eigenvalue weighted by atomic mass is 9.94. The molecule has 0 aliphatic carbocycles. The largest absolute Gasteiger partial charge is 0.481 e. The van der Waals surface area contributed by atoms with Gasteiger partial charge in [0.05, 0.1) is 10.7 Å². The minimum absolute atomic E-state index is 0.0684. The predicted molar refractivity (Wildman–Crippen MR) is 71.2 cm³/mol. The summed E-state index contributed by atoms with van der Waals surface area (Å²) >= 11 is 1.59. The monoisotopic (exact) mass is 261 g/mol. The normalized spacial score (nSPS) is 13.5. The smallest absolute Gasteiger partial charge is 0.310 e. The molecule has 1 unspecified atom stereocenters. The van der Waals surface area contributed by atoms with Crippen LogP contribution in [0, 0.1) is 11.3 Å². The Bertz CT molecular complexity index is 277. The van der Waals surface area contributed by atoms with Crippen LogP contribution in [0.5, 0.6) is 0 Å². The van der Waals surface area contributed by atoms with Crippen LogP contribution in [-0.2, 0) is 9.59 Å². The van der Waals surface area contributed by atoms with Crippen molar-refractivity contribution in [3.05, 3.63) is 0 Å². The first kappa shape index (κ1) is 16.3. The van der Waals surface area contributed by atoms with Gasteiger partial charge in [-0.3, -0.25) is 9.59 Å². The first-order valence-corrected chi connectivity index (χ1v) is 6.90. The molecule has 0 aliphatic heterocycles. The third kappa shape index (κ3) is 5.44. The maximum atomic E-state index is 11.9. The zero-order valence-electron chi connectivity index (χ0n) is 11.2. The predicted octanol–water partition coefficient (Wildman–Crippen LogP) is 1.99. The van der Waals surface area contributed by atoms with Gasteiger partial charge < -0.3 is 10.4 Å². The highest BCUT2D eigenvalue weighted by Gasteiger charge is 2.29. The molecule has 0 saturated carbocycles. The number of aliphatic carboxylic acids is 1. The molecule has 0 aromatic heterocycles. The van der Waals surface area contributed by atoms with Crippen LogP contribution in [0.1, 0.15) is 34.6 Å². The Balaban J connectivity index is 4.38. The second-order valence-electron chi connectivity index (χ2n) is 5.03. The molecule has 0 aliphatic rings. The number of hydrogen-bond donors (Lipinski definition) is 2. The van der Waals surface area contributed by atoms with Gasteiger partial charge in [-0.25, -0.2) is 0 Å². The van der Waals surface area contributed by atoms with Crippen LogP contribution in [0.3, 0.4) is 0 Å². The quantitative estimate of drug-likeness (QED) is 0.735. The van der Waals surface area contributed by atoms with Gasteiger partial charge in [-0.15, -0.1) is 11.8 Å². The summed E-state index contributed by atoms with van der Waals surface area (Å²) in [6, 6.07) is 0. The maximum absolute atomic E-state index is 11.9. The van der Waals surface area contributed by atoms with E-state index in [4.69, 9.17) is 5.11 Å². The Morgan fingerprint density at radius 2 is 1.88 bits per heavy atom. The number of carboxylic acids is 1. The van der Waals surface area contributed by atoms with Gasteiger partial charge in [0.2, 0.25) is 5.91 Å². The zero-order valence-corrected chi connectivity index (χ0v) is 12.1. The number of amides is 1. The van der Waals surface area contributed by atoms with Gasteiger partial charge in [0.25, 0.3) is 0 Å². The number of carbonyl (C=O) groups excluding carboxylic acids is 1. The van der Waals surface area contributed by atoms with Crippen molar-refractivity contribution in [2.24, 2.45) is 11.3 Å². The lowest BCUT2D eigenvalue weighted by Crippen LogP contribution is -2.43. The van der Waals surface area contributed by atoms with Crippen molar-refractivity contribution < 1.29 is 14.7 Å². The second-order valence-corrected chi connectivity index (χ2v) is 6.45. The van der Waals surface area contributed by atoms with Gasteiger partial charge >= 0.3 is 5.97 Å². The van der Waals surface area contributed by atoms with Gasteiger partial charge in [0.15, 0.2) is 0 Å². The summed E-state index contributed by atoms with van der Waals surface area (Å²) in [5, 5.41) is 11.6. The van der Waals surface area contributed by atoms with Crippen LogP contribution in [0.15, 0.2) is 0 Å². The van der Waals surface area contributed by atoms with Crippen molar-refractivity contribution in [1.82, 2.24) is 5.32 Å². The molecule has 0 radical (unpaired) electrons. The Labute approximate surface area is 108 Å². The summed E-state index contributed by atoms with van der Waals surface area (Å²) in [7, 11) is 0. The van der Waals surface area contributed by atoms with Crippen LogP contribution in [-0.4, -0.2) is 34.5 Å². The summed E-state index contributed by atoms with van der Waals surface area (Å²) in [5.74, 6) is 0.148. The standard InChI is InChI=1S/C12H23NO3S/c1-6-17-9(8(2)3)10(14)13-7-12(4,5)11(15)16/h8-9H,6-7H2,1-5H3,(H,13,14)(H,15,16). The van der Waals surface area contributed by atoms with Crippen LogP contribution in [0.4, 0.5) is 0 Å². The van der Waals surface area contributed by atoms with E-state index >= 15 is 0 Å². The average molecular weight is 261 g/mol. The SMILES string of the molecule is CCSC(C(=O)NCC(C)(C)C(=O)O)C(C)C. The second kappa shape index (κ2) is 6.89. The highest BCUT2D eigenvalue weighted by atomic mass is 32.2. The number of carbonyl (C=O) groups is 2. The highest BCUT2D eigenvalue weighted by Crippen LogP contribution is 2.20. The third-order valence-corrected chi connectivity index (χ3v) is 3.94. The van der Waals surface area contributed by atoms with E-state index in [1.807, 2.05) is 20.8 Å². The van der Waals surface area contributed by atoms with Crippen molar-refractivity contribution in [2.75, 3.05) is 12.3 Å². The van der Waals surface area contributed by atoms with Gasteiger partial charge in [0.1, 0.15) is 0 Å². The Kier molecular flexibility index (Phi) is 6.60. The molecule has 1 atom stereocenters. The lowest BCUT2D eigenvalue weighted by Gasteiger charge is -2.23. The fraction of sp³-hybridized carbons (Fsp3) is 0.833. The molecular formula is C12H23NO3S. The van der Waals surface area contributed by atoms with E-state index in [1.165, 1.54) is 0 Å². The molecule has 0 rings (SSSR count). The molecule has 100 valence electrons. The van der Waals surface area contributed by atoms with Crippen molar-refractivity contribution in [3.8, 4) is 0 Å². The summed E-state index contributed by atoms with van der Waals surface area (Å²) < 4.78 is 0. The van der Waals surface area contributed by atoms with Gasteiger partial charge in [-0.2, -0.15) is 0 Å².